The summed E-state index contributed by atoms with van der Waals surface area (Å²) < 4.78 is 11.4. The Balaban J connectivity index is 1.12. The van der Waals surface area contributed by atoms with Crippen molar-refractivity contribution in [2.45, 2.75) is 0 Å². The van der Waals surface area contributed by atoms with Crippen molar-refractivity contribution in [3.63, 3.8) is 0 Å². The fourth-order valence-electron chi connectivity index (χ4n) is 8.37. The molecule has 0 N–H and O–H groups in total. The second kappa shape index (κ2) is 11.7. The van der Waals surface area contributed by atoms with Crippen LogP contribution < -0.4 is 0 Å². The Morgan fingerprint density at radius 2 is 1.07 bits per heavy atom. The number of benzene rings is 8. The van der Waals surface area contributed by atoms with E-state index in [2.05, 4.69) is 162 Å². The van der Waals surface area contributed by atoms with Crippen LogP contribution in [0.3, 0.4) is 0 Å². The summed E-state index contributed by atoms with van der Waals surface area (Å²) in [5, 5.41) is 9.12. The average Bonchev–Trinajstić information content (AvgIpc) is 3.92. The van der Waals surface area contributed by atoms with Gasteiger partial charge in [-0.3, -0.25) is 0 Å². The number of aromatic nitrogens is 4. The van der Waals surface area contributed by atoms with Crippen LogP contribution in [0.25, 0.3) is 115 Å². The Kier molecular flexibility index (Phi) is 6.44. The highest BCUT2D eigenvalue weighted by Gasteiger charge is 2.22. The molecule has 0 saturated carbocycles. The van der Waals surface area contributed by atoms with Crippen LogP contribution in [0.2, 0.25) is 0 Å². The minimum Gasteiger partial charge on any atom is -0.455 e. The highest BCUT2D eigenvalue weighted by Crippen LogP contribution is 2.43. The SMILES string of the molecule is c1ccc2c(-c3nc(-c4ccc(-n5c6ccccc6c6ccccc65)cc4)nc(-c4cccc5c4sc4ccccc45)n3)c3oc4ccccc4c3cc2c1. The van der Waals surface area contributed by atoms with Gasteiger partial charge in [-0.05, 0) is 71.4 Å². The second-order valence-corrected chi connectivity index (χ2v) is 15.0. The summed E-state index contributed by atoms with van der Waals surface area (Å²) in [6.45, 7) is 0. The number of furan rings is 1. The van der Waals surface area contributed by atoms with E-state index in [0.29, 0.717) is 17.5 Å². The van der Waals surface area contributed by atoms with Crippen LogP contribution in [0.4, 0.5) is 0 Å². The molecule has 0 atom stereocenters. The van der Waals surface area contributed by atoms with Crippen molar-refractivity contribution in [3.8, 4) is 39.9 Å². The molecule has 4 aromatic heterocycles. The first kappa shape index (κ1) is 30.3. The molecule has 0 saturated heterocycles. The second-order valence-electron chi connectivity index (χ2n) is 14.0. The first-order valence-electron chi connectivity index (χ1n) is 18.4. The topological polar surface area (TPSA) is 56.7 Å². The predicted molar refractivity (Wildman–Crippen MR) is 228 cm³/mol. The molecule has 0 amide bonds. The van der Waals surface area contributed by atoms with Crippen molar-refractivity contribution in [1.82, 2.24) is 19.5 Å². The summed E-state index contributed by atoms with van der Waals surface area (Å²) in [6, 6.07) is 59.6. The standard InChI is InChI=1S/C49H28N4OS/c1-2-13-32-30(12-1)28-39-35-16-5-9-22-42(35)54-45(39)44(32)49-51-47(50-48(52-49)38-19-11-18-37-36-17-6-10-23-43(36)55-46(37)38)29-24-26-31(27-25-29)53-40-20-7-3-14-33(40)34-15-4-8-21-41(34)53/h1-28H. The molecule has 0 bridgehead atoms. The van der Waals surface area contributed by atoms with Gasteiger partial charge in [-0.15, -0.1) is 11.3 Å². The highest BCUT2D eigenvalue weighted by molar-refractivity contribution is 7.26. The van der Waals surface area contributed by atoms with E-state index in [0.717, 1.165) is 59.8 Å². The largest absolute Gasteiger partial charge is 0.455 e. The molecular weight excluding hydrogens is 693 g/mol. The van der Waals surface area contributed by atoms with Gasteiger partial charge in [-0.25, -0.2) is 15.0 Å². The molecular formula is C49H28N4OS. The summed E-state index contributed by atoms with van der Waals surface area (Å²) in [4.78, 5) is 15.9. The lowest BCUT2D eigenvalue weighted by Crippen LogP contribution is -2.01. The van der Waals surface area contributed by atoms with Crippen LogP contribution in [-0.2, 0) is 0 Å². The van der Waals surface area contributed by atoms with Gasteiger partial charge < -0.3 is 8.98 Å². The van der Waals surface area contributed by atoms with Crippen molar-refractivity contribution in [2.75, 3.05) is 0 Å². The zero-order chi connectivity index (χ0) is 36.0. The molecule has 256 valence electrons. The van der Waals surface area contributed by atoms with Crippen LogP contribution in [0.15, 0.2) is 174 Å². The maximum Gasteiger partial charge on any atom is 0.168 e. The smallest absolute Gasteiger partial charge is 0.168 e. The first-order chi connectivity index (χ1) is 27.3. The number of nitrogens with zero attached hydrogens (tertiary/aromatic N) is 4. The van der Waals surface area contributed by atoms with Gasteiger partial charge in [-0.1, -0.05) is 109 Å². The Labute approximate surface area is 318 Å². The lowest BCUT2D eigenvalue weighted by atomic mass is 9.99. The number of para-hydroxylation sites is 3. The molecule has 8 aromatic carbocycles. The zero-order valence-corrected chi connectivity index (χ0v) is 30.1. The van der Waals surface area contributed by atoms with Crippen LogP contribution in [0, 0.1) is 0 Å². The highest BCUT2D eigenvalue weighted by atomic mass is 32.1. The van der Waals surface area contributed by atoms with E-state index < -0.39 is 0 Å². The van der Waals surface area contributed by atoms with Gasteiger partial charge >= 0.3 is 0 Å². The Hall–Kier alpha value is -7.15. The van der Waals surface area contributed by atoms with E-state index >= 15 is 0 Å². The van der Waals surface area contributed by atoms with E-state index in [1.54, 1.807) is 11.3 Å². The summed E-state index contributed by atoms with van der Waals surface area (Å²) in [6.07, 6.45) is 0. The van der Waals surface area contributed by atoms with Gasteiger partial charge in [0, 0.05) is 58.5 Å². The van der Waals surface area contributed by atoms with Crippen molar-refractivity contribution in [1.29, 1.82) is 0 Å². The third kappa shape index (κ3) is 4.55. The maximum absolute atomic E-state index is 6.67. The summed E-state index contributed by atoms with van der Waals surface area (Å²) >= 11 is 1.78. The molecule has 12 aromatic rings. The molecule has 0 fully saturated rings. The average molecular weight is 721 g/mol. The van der Waals surface area contributed by atoms with Gasteiger partial charge in [0.1, 0.15) is 11.2 Å². The Morgan fingerprint density at radius 1 is 0.455 bits per heavy atom. The summed E-state index contributed by atoms with van der Waals surface area (Å²) in [5.41, 5.74) is 7.75. The number of hydrogen-bond donors (Lipinski definition) is 0. The number of thiophene rings is 1. The van der Waals surface area contributed by atoms with Crippen molar-refractivity contribution in [2.24, 2.45) is 0 Å². The van der Waals surface area contributed by atoms with E-state index in [-0.39, 0.29) is 0 Å². The summed E-state index contributed by atoms with van der Waals surface area (Å²) in [7, 11) is 0. The molecule has 0 aliphatic rings. The van der Waals surface area contributed by atoms with E-state index in [1.807, 2.05) is 12.1 Å². The van der Waals surface area contributed by atoms with Gasteiger partial charge in [0.15, 0.2) is 17.5 Å². The minimum atomic E-state index is 0.574. The number of rotatable bonds is 4. The fourth-order valence-corrected chi connectivity index (χ4v) is 9.58. The van der Waals surface area contributed by atoms with Crippen molar-refractivity contribution >= 4 is 86.0 Å². The molecule has 0 aliphatic carbocycles. The number of hydrogen-bond acceptors (Lipinski definition) is 5. The normalized spacial score (nSPS) is 12.0. The van der Waals surface area contributed by atoms with Crippen molar-refractivity contribution < 1.29 is 4.42 Å². The molecule has 0 radical (unpaired) electrons. The van der Waals surface area contributed by atoms with Crippen LogP contribution in [0.1, 0.15) is 0 Å². The van der Waals surface area contributed by atoms with Gasteiger partial charge in [0.05, 0.1) is 16.6 Å². The fraction of sp³-hybridized carbons (Fsp3) is 0. The Morgan fingerprint density at radius 3 is 1.87 bits per heavy atom. The van der Waals surface area contributed by atoms with Crippen LogP contribution in [-0.4, -0.2) is 19.5 Å². The van der Waals surface area contributed by atoms with E-state index in [1.165, 1.54) is 37.3 Å². The third-order valence-electron chi connectivity index (χ3n) is 10.9. The van der Waals surface area contributed by atoms with Gasteiger partial charge in [0.25, 0.3) is 0 Å². The third-order valence-corrected chi connectivity index (χ3v) is 12.1. The van der Waals surface area contributed by atoms with Gasteiger partial charge in [-0.2, -0.15) is 0 Å². The van der Waals surface area contributed by atoms with E-state index in [9.17, 15) is 0 Å². The minimum absolute atomic E-state index is 0.574. The molecule has 12 rings (SSSR count). The maximum atomic E-state index is 6.67. The lowest BCUT2D eigenvalue weighted by molar-refractivity contribution is 0.670. The first-order valence-corrected chi connectivity index (χ1v) is 19.2. The molecule has 0 unspecified atom stereocenters. The molecule has 0 aliphatic heterocycles. The predicted octanol–water partition coefficient (Wildman–Crippen LogP) is 13.4. The monoisotopic (exact) mass is 720 g/mol. The Bertz CT molecular complexity index is 3450. The van der Waals surface area contributed by atoms with Crippen LogP contribution >= 0.6 is 11.3 Å². The molecule has 55 heavy (non-hydrogen) atoms. The summed E-state index contributed by atoms with van der Waals surface area (Å²) in [5.74, 6) is 1.80. The van der Waals surface area contributed by atoms with Gasteiger partial charge in [0.2, 0.25) is 0 Å². The molecule has 4 heterocycles. The zero-order valence-electron chi connectivity index (χ0n) is 29.3. The molecule has 6 heteroatoms. The lowest BCUT2D eigenvalue weighted by Gasteiger charge is -2.12. The quantitative estimate of drug-likeness (QED) is 0.182. The molecule has 5 nitrogen and oxygen atoms in total. The van der Waals surface area contributed by atoms with E-state index in [4.69, 9.17) is 19.4 Å². The number of fused-ring (bicyclic) bond motifs is 10. The van der Waals surface area contributed by atoms with Crippen LogP contribution in [0.5, 0.6) is 0 Å². The molecule has 0 spiro atoms. The van der Waals surface area contributed by atoms with Crippen molar-refractivity contribution in [3.05, 3.63) is 170 Å².